The number of aliphatic hydroxyl groups excluding tert-OH is 1. The minimum Gasteiger partial charge on any atom is -0.453 e. The van der Waals surface area contributed by atoms with Crippen LogP contribution in [0, 0.1) is 0 Å². The van der Waals surface area contributed by atoms with Crippen LogP contribution in [0.15, 0.2) is 11.6 Å². The van der Waals surface area contributed by atoms with Gasteiger partial charge in [-0.15, -0.1) is 0 Å². The van der Waals surface area contributed by atoms with Crippen molar-refractivity contribution in [2.24, 2.45) is 0 Å². The average molecular weight is 156 g/mol. The van der Waals surface area contributed by atoms with E-state index in [1.165, 1.54) is 6.08 Å². The monoisotopic (exact) mass is 156 g/mol. The third-order valence-corrected chi connectivity index (χ3v) is 1.80. The molecule has 1 atom stereocenters. The number of carbonyl (C=O) groups is 1. The zero-order chi connectivity index (χ0) is 8.65. The van der Waals surface area contributed by atoms with Crippen molar-refractivity contribution in [2.75, 3.05) is 0 Å². The molecule has 1 unspecified atom stereocenters. The molecular weight excluding hydrogens is 144 g/mol. The lowest BCUT2D eigenvalue weighted by Gasteiger charge is -2.33. The highest BCUT2D eigenvalue weighted by Crippen LogP contribution is 2.25. The van der Waals surface area contributed by atoms with Crippen LogP contribution < -0.4 is 0 Å². The van der Waals surface area contributed by atoms with Crippen molar-refractivity contribution in [1.82, 2.24) is 0 Å². The summed E-state index contributed by atoms with van der Waals surface area (Å²) in [5.41, 5.74) is -0.123. The Morgan fingerprint density at radius 3 is 2.64 bits per heavy atom. The van der Waals surface area contributed by atoms with Gasteiger partial charge in [-0.25, -0.2) is 4.79 Å². The first-order chi connectivity index (χ1) is 4.93. The number of hydrogen-bond donors (Lipinski definition) is 1. The molecule has 0 amide bonds. The predicted molar refractivity (Wildman–Crippen MR) is 39.9 cm³/mol. The van der Waals surface area contributed by atoms with Crippen LogP contribution >= 0.6 is 0 Å². The van der Waals surface area contributed by atoms with Crippen LogP contribution in [0.4, 0.5) is 0 Å². The van der Waals surface area contributed by atoms with Crippen molar-refractivity contribution in [2.45, 2.75) is 32.5 Å². The molecule has 1 aliphatic heterocycles. The van der Waals surface area contributed by atoms with E-state index in [4.69, 9.17) is 4.74 Å². The van der Waals surface area contributed by atoms with Crippen LogP contribution in [0.1, 0.15) is 20.8 Å². The molecule has 1 heterocycles. The van der Waals surface area contributed by atoms with Gasteiger partial charge >= 0.3 is 5.97 Å². The number of aliphatic hydroxyl groups is 1. The Hall–Kier alpha value is -0.830. The van der Waals surface area contributed by atoms with Crippen LogP contribution in [-0.4, -0.2) is 22.8 Å². The maximum Gasteiger partial charge on any atom is 0.331 e. The van der Waals surface area contributed by atoms with E-state index in [0.29, 0.717) is 5.57 Å². The number of cyclic esters (lactones) is 1. The summed E-state index contributed by atoms with van der Waals surface area (Å²) in [6, 6.07) is 0. The van der Waals surface area contributed by atoms with Gasteiger partial charge in [0.25, 0.3) is 0 Å². The second-order valence-corrected chi connectivity index (χ2v) is 3.32. The van der Waals surface area contributed by atoms with E-state index in [1.54, 1.807) is 20.8 Å². The van der Waals surface area contributed by atoms with Gasteiger partial charge < -0.3 is 9.84 Å². The molecule has 0 fully saturated rings. The highest BCUT2D eigenvalue weighted by atomic mass is 16.6. The minimum atomic E-state index is -0.782. The summed E-state index contributed by atoms with van der Waals surface area (Å²) in [5, 5.41) is 9.48. The molecule has 11 heavy (non-hydrogen) atoms. The van der Waals surface area contributed by atoms with E-state index in [-0.39, 0.29) is 5.97 Å². The molecule has 1 N–H and O–H groups in total. The summed E-state index contributed by atoms with van der Waals surface area (Å²) < 4.78 is 4.89. The quantitative estimate of drug-likeness (QED) is 0.523. The van der Waals surface area contributed by atoms with Crippen LogP contribution in [0.2, 0.25) is 0 Å². The van der Waals surface area contributed by atoms with Gasteiger partial charge in [-0.2, -0.15) is 0 Å². The predicted octanol–water partition coefficient (Wildman–Crippen LogP) is 0.629. The Kier molecular flexibility index (Phi) is 1.76. The number of rotatable bonds is 0. The molecule has 1 rings (SSSR count). The molecule has 0 saturated heterocycles. The fourth-order valence-electron chi connectivity index (χ4n) is 1.16. The Balaban J connectivity index is 2.95. The number of esters is 1. The Bertz CT molecular complexity index is 215. The van der Waals surface area contributed by atoms with E-state index in [2.05, 4.69) is 0 Å². The highest BCUT2D eigenvalue weighted by molar-refractivity contribution is 5.84. The van der Waals surface area contributed by atoms with E-state index in [9.17, 15) is 9.90 Å². The maximum absolute atomic E-state index is 10.8. The van der Waals surface area contributed by atoms with Gasteiger partial charge in [0.05, 0.1) is 0 Å². The summed E-state index contributed by atoms with van der Waals surface area (Å²) in [4.78, 5) is 10.8. The number of hydrogen-bond acceptors (Lipinski definition) is 3. The zero-order valence-corrected chi connectivity index (χ0v) is 6.92. The Labute approximate surface area is 65.7 Å². The normalized spacial score (nSPS) is 29.3. The minimum absolute atomic E-state index is 0.377. The van der Waals surface area contributed by atoms with Crippen LogP contribution in [0.5, 0.6) is 0 Å². The largest absolute Gasteiger partial charge is 0.453 e. The lowest BCUT2D eigenvalue weighted by Crippen LogP contribution is -2.44. The molecule has 0 spiro atoms. The van der Waals surface area contributed by atoms with Crippen molar-refractivity contribution in [3.8, 4) is 0 Å². The van der Waals surface area contributed by atoms with Crippen molar-refractivity contribution in [3.63, 3.8) is 0 Å². The third-order valence-electron chi connectivity index (χ3n) is 1.80. The zero-order valence-electron chi connectivity index (χ0n) is 6.92. The van der Waals surface area contributed by atoms with Crippen molar-refractivity contribution < 1.29 is 14.6 Å². The summed E-state index contributed by atoms with van der Waals surface area (Å²) in [6.07, 6.45) is 0.635. The van der Waals surface area contributed by atoms with Gasteiger partial charge in [0.1, 0.15) is 11.7 Å². The van der Waals surface area contributed by atoms with E-state index in [1.807, 2.05) is 0 Å². The van der Waals surface area contributed by atoms with Gasteiger partial charge in [0, 0.05) is 6.08 Å². The molecule has 3 heteroatoms. The SMILES string of the molecule is CC1=CC(=O)OC(C)(C)C1O. The fraction of sp³-hybridized carbons (Fsp3) is 0.625. The first-order valence-corrected chi connectivity index (χ1v) is 3.53. The molecule has 0 radical (unpaired) electrons. The van der Waals surface area contributed by atoms with Gasteiger partial charge in [-0.1, -0.05) is 0 Å². The summed E-state index contributed by atoms with van der Waals surface area (Å²) in [6.45, 7) is 5.09. The van der Waals surface area contributed by atoms with Gasteiger partial charge in [-0.05, 0) is 26.3 Å². The van der Waals surface area contributed by atoms with Gasteiger partial charge in [-0.3, -0.25) is 0 Å². The van der Waals surface area contributed by atoms with E-state index >= 15 is 0 Å². The van der Waals surface area contributed by atoms with Gasteiger partial charge in [0.15, 0.2) is 0 Å². The van der Waals surface area contributed by atoms with Crippen LogP contribution in [0.25, 0.3) is 0 Å². The number of carbonyl (C=O) groups excluding carboxylic acids is 1. The standard InChI is InChI=1S/C8H12O3/c1-5-4-6(9)11-8(2,3)7(5)10/h4,7,10H,1-3H3. The smallest absolute Gasteiger partial charge is 0.331 e. The molecule has 1 aliphatic rings. The Morgan fingerprint density at radius 2 is 2.18 bits per heavy atom. The molecule has 0 aromatic rings. The third kappa shape index (κ3) is 1.43. The molecular formula is C8H12O3. The van der Waals surface area contributed by atoms with Gasteiger partial charge in [0.2, 0.25) is 0 Å². The van der Waals surface area contributed by atoms with Crippen molar-refractivity contribution in [3.05, 3.63) is 11.6 Å². The molecule has 62 valence electrons. The maximum atomic E-state index is 10.8. The molecule has 0 aromatic carbocycles. The van der Waals surface area contributed by atoms with Crippen molar-refractivity contribution in [1.29, 1.82) is 0 Å². The van der Waals surface area contributed by atoms with E-state index < -0.39 is 11.7 Å². The lowest BCUT2D eigenvalue weighted by molar-refractivity contribution is -0.162. The average Bonchev–Trinajstić information content (AvgIpc) is 1.81. The van der Waals surface area contributed by atoms with E-state index in [0.717, 1.165) is 0 Å². The summed E-state index contributed by atoms with van der Waals surface area (Å²) in [7, 11) is 0. The molecule has 3 nitrogen and oxygen atoms in total. The first kappa shape index (κ1) is 8.27. The Morgan fingerprint density at radius 1 is 1.64 bits per heavy atom. The fourth-order valence-corrected chi connectivity index (χ4v) is 1.16. The summed E-state index contributed by atoms with van der Waals surface area (Å²) >= 11 is 0. The topological polar surface area (TPSA) is 46.5 Å². The van der Waals surface area contributed by atoms with Crippen LogP contribution in [-0.2, 0) is 9.53 Å². The second-order valence-electron chi connectivity index (χ2n) is 3.32. The lowest BCUT2D eigenvalue weighted by atomic mass is 9.93. The van der Waals surface area contributed by atoms with Crippen molar-refractivity contribution >= 4 is 5.97 Å². The first-order valence-electron chi connectivity index (χ1n) is 3.53. The molecule has 0 aliphatic carbocycles. The summed E-state index contributed by atoms with van der Waals surface area (Å²) in [5.74, 6) is -0.377. The molecule has 0 aromatic heterocycles. The second kappa shape index (κ2) is 2.34. The molecule has 0 saturated carbocycles. The van der Waals surface area contributed by atoms with Crippen LogP contribution in [0.3, 0.4) is 0 Å². The highest BCUT2D eigenvalue weighted by Gasteiger charge is 2.36. The number of ether oxygens (including phenoxy) is 1. The molecule has 0 bridgehead atoms.